The number of hydrogen-bond acceptors (Lipinski definition) is 3. The number of carbonyl (C=O) groups excluding carboxylic acids is 1. The summed E-state index contributed by atoms with van der Waals surface area (Å²) in [6, 6.07) is 5.40. The van der Waals surface area contributed by atoms with Crippen LogP contribution in [-0.4, -0.2) is 31.8 Å². The molecular formula is C13H15F3N2O2. The van der Waals surface area contributed by atoms with Gasteiger partial charge in [0.25, 0.3) is 0 Å². The van der Waals surface area contributed by atoms with Gasteiger partial charge in [-0.3, -0.25) is 4.79 Å². The molecule has 20 heavy (non-hydrogen) atoms. The van der Waals surface area contributed by atoms with E-state index in [0.717, 1.165) is 25.1 Å². The Morgan fingerprint density at radius 3 is 2.95 bits per heavy atom. The zero-order valence-electron chi connectivity index (χ0n) is 10.7. The highest BCUT2D eigenvalue weighted by Gasteiger charge is 2.27. The van der Waals surface area contributed by atoms with E-state index in [1.807, 2.05) is 6.07 Å². The van der Waals surface area contributed by atoms with Crippen molar-refractivity contribution in [2.24, 2.45) is 0 Å². The highest BCUT2D eigenvalue weighted by atomic mass is 19.4. The summed E-state index contributed by atoms with van der Waals surface area (Å²) in [6.45, 7) is -1.17. The van der Waals surface area contributed by atoms with Crippen molar-refractivity contribution in [2.75, 3.05) is 30.4 Å². The molecule has 0 saturated heterocycles. The molecule has 1 amide bonds. The number of halogens is 3. The van der Waals surface area contributed by atoms with Crippen molar-refractivity contribution in [3.05, 3.63) is 23.8 Å². The fourth-order valence-corrected chi connectivity index (χ4v) is 2.00. The van der Waals surface area contributed by atoms with Crippen molar-refractivity contribution in [3.63, 3.8) is 0 Å². The van der Waals surface area contributed by atoms with Crippen LogP contribution in [-0.2, 0) is 16.0 Å². The van der Waals surface area contributed by atoms with Crippen LogP contribution in [0.15, 0.2) is 18.2 Å². The minimum Gasteiger partial charge on any atom is -0.385 e. The minimum absolute atomic E-state index is 0.541. The van der Waals surface area contributed by atoms with E-state index < -0.39 is 25.3 Å². The Bertz CT molecular complexity index is 489. The van der Waals surface area contributed by atoms with Gasteiger partial charge in [-0.05, 0) is 30.5 Å². The lowest BCUT2D eigenvalue weighted by atomic mass is 10.0. The number of alkyl halides is 3. The summed E-state index contributed by atoms with van der Waals surface area (Å²) in [5, 5.41) is 5.72. The average Bonchev–Trinajstić information content (AvgIpc) is 2.37. The van der Waals surface area contributed by atoms with E-state index in [0.29, 0.717) is 5.69 Å². The lowest BCUT2D eigenvalue weighted by Gasteiger charge is -2.18. The summed E-state index contributed by atoms with van der Waals surface area (Å²) < 4.78 is 39.9. The number of carbonyl (C=O) groups is 1. The molecule has 0 spiro atoms. The van der Waals surface area contributed by atoms with Crippen molar-refractivity contribution in [3.8, 4) is 0 Å². The van der Waals surface area contributed by atoms with Crippen molar-refractivity contribution >= 4 is 17.3 Å². The fourth-order valence-electron chi connectivity index (χ4n) is 2.00. The van der Waals surface area contributed by atoms with Gasteiger partial charge in [-0.1, -0.05) is 6.07 Å². The topological polar surface area (TPSA) is 50.4 Å². The molecule has 1 heterocycles. The quantitative estimate of drug-likeness (QED) is 0.895. The van der Waals surface area contributed by atoms with Gasteiger partial charge >= 0.3 is 6.18 Å². The number of nitrogens with one attached hydrogen (secondary N) is 2. The molecule has 2 rings (SSSR count). The first kappa shape index (κ1) is 14.6. The number of rotatable bonds is 4. The van der Waals surface area contributed by atoms with Crippen LogP contribution in [0, 0.1) is 0 Å². The third-order valence-corrected chi connectivity index (χ3v) is 2.83. The molecule has 110 valence electrons. The number of amides is 1. The van der Waals surface area contributed by atoms with Gasteiger partial charge in [0.05, 0.1) is 0 Å². The molecule has 0 bridgehead atoms. The fraction of sp³-hybridized carbons (Fsp3) is 0.462. The second-order valence-corrected chi connectivity index (χ2v) is 4.56. The maximum absolute atomic E-state index is 11.9. The monoisotopic (exact) mass is 288 g/mol. The van der Waals surface area contributed by atoms with Gasteiger partial charge in [-0.15, -0.1) is 0 Å². The van der Waals surface area contributed by atoms with Gasteiger partial charge < -0.3 is 15.4 Å². The Kier molecular flexibility index (Phi) is 4.49. The van der Waals surface area contributed by atoms with E-state index in [1.165, 1.54) is 5.56 Å². The summed E-state index contributed by atoms with van der Waals surface area (Å²) in [5.74, 6) is -0.606. The molecule has 0 saturated carbocycles. The molecule has 7 heteroatoms. The molecule has 2 N–H and O–H groups in total. The van der Waals surface area contributed by atoms with Gasteiger partial charge in [0, 0.05) is 17.9 Å². The molecule has 0 atom stereocenters. The van der Waals surface area contributed by atoms with Crippen molar-refractivity contribution < 1.29 is 22.7 Å². The lowest BCUT2D eigenvalue weighted by molar-refractivity contribution is -0.174. The van der Waals surface area contributed by atoms with Crippen molar-refractivity contribution in [1.82, 2.24) is 0 Å². The molecule has 0 aliphatic carbocycles. The Morgan fingerprint density at radius 1 is 1.40 bits per heavy atom. The molecule has 1 aliphatic rings. The van der Waals surface area contributed by atoms with Crippen LogP contribution in [0.3, 0.4) is 0 Å². The molecule has 0 fully saturated rings. The van der Waals surface area contributed by atoms with Crippen molar-refractivity contribution in [2.45, 2.75) is 19.0 Å². The number of anilines is 2. The summed E-state index contributed by atoms with van der Waals surface area (Å²) in [7, 11) is 0. The third kappa shape index (κ3) is 4.41. The van der Waals surface area contributed by atoms with E-state index in [9.17, 15) is 18.0 Å². The maximum atomic E-state index is 11.9. The van der Waals surface area contributed by atoms with E-state index in [-0.39, 0.29) is 0 Å². The third-order valence-electron chi connectivity index (χ3n) is 2.83. The first-order valence-corrected chi connectivity index (χ1v) is 6.25. The summed E-state index contributed by atoms with van der Waals surface area (Å²) in [4.78, 5) is 11.4. The van der Waals surface area contributed by atoms with Gasteiger partial charge in [0.1, 0.15) is 13.2 Å². The summed E-state index contributed by atoms with van der Waals surface area (Å²) >= 11 is 0. The zero-order valence-corrected chi connectivity index (χ0v) is 10.7. The normalized spacial score (nSPS) is 14.3. The summed E-state index contributed by atoms with van der Waals surface area (Å²) in [6.07, 6.45) is -2.38. The first-order valence-electron chi connectivity index (χ1n) is 6.25. The number of fused-ring (bicyclic) bond motifs is 1. The molecule has 1 aliphatic heterocycles. The Hall–Kier alpha value is -1.76. The molecule has 0 radical (unpaired) electrons. The molecule has 0 aromatic heterocycles. The number of ether oxygens (including phenoxy) is 1. The van der Waals surface area contributed by atoms with Crippen LogP contribution in [0.2, 0.25) is 0 Å². The van der Waals surface area contributed by atoms with E-state index >= 15 is 0 Å². The molecule has 1 aromatic carbocycles. The minimum atomic E-state index is -4.42. The first-order chi connectivity index (χ1) is 9.44. The standard InChI is InChI=1S/C13H15F3N2O2/c14-13(15,16)8-20-7-12(19)18-10-4-3-9-2-1-5-17-11(9)6-10/h3-4,6,17H,1-2,5,7-8H2,(H,18,19). The number of benzene rings is 1. The second kappa shape index (κ2) is 6.13. The van der Waals surface area contributed by atoms with Gasteiger partial charge in [-0.25, -0.2) is 0 Å². The van der Waals surface area contributed by atoms with Crippen LogP contribution in [0.5, 0.6) is 0 Å². The highest BCUT2D eigenvalue weighted by Crippen LogP contribution is 2.25. The van der Waals surface area contributed by atoms with Gasteiger partial charge in [0.2, 0.25) is 5.91 Å². The molecular weight excluding hydrogens is 273 g/mol. The van der Waals surface area contributed by atoms with Crippen molar-refractivity contribution in [1.29, 1.82) is 0 Å². The van der Waals surface area contributed by atoms with E-state index in [2.05, 4.69) is 15.4 Å². The molecule has 0 unspecified atom stereocenters. The van der Waals surface area contributed by atoms with Crippen LogP contribution < -0.4 is 10.6 Å². The van der Waals surface area contributed by atoms with Crippen LogP contribution >= 0.6 is 0 Å². The Balaban J connectivity index is 1.85. The zero-order chi connectivity index (χ0) is 14.6. The van der Waals surface area contributed by atoms with Gasteiger partial charge in [-0.2, -0.15) is 13.2 Å². The Labute approximate surface area is 114 Å². The van der Waals surface area contributed by atoms with Crippen LogP contribution in [0.1, 0.15) is 12.0 Å². The lowest BCUT2D eigenvalue weighted by Crippen LogP contribution is -2.24. The average molecular weight is 288 g/mol. The van der Waals surface area contributed by atoms with Crippen LogP contribution in [0.25, 0.3) is 0 Å². The van der Waals surface area contributed by atoms with Crippen LogP contribution in [0.4, 0.5) is 24.5 Å². The summed E-state index contributed by atoms with van der Waals surface area (Å²) in [5.41, 5.74) is 2.66. The SMILES string of the molecule is O=C(COCC(F)(F)F)Nc1ccc2c(c1)NCCC2. The molecule has 4 nitrogen and oxygen atoms in total. The Morgan fingerprint density at radius 2 is 2.20 bits per heavy atom. The highest BCUT2D eigenvalue weighted by molar-refractivity contribution is 5.92. The smallest absolute Gasteiger partial charge is 0.385 e. The predicted molar refractivity (Wildman–Crippen MR) is 68.8 cm³/mol. The van der Waals surface area contributed by atoms with E-state index in [1.54, 1.807) is 12.1 Å². The van der Waals surface area contributed by atoms with Gasteiger partial charge in [0.15, 0.2) is 0 Å². The largest absolute Gasteiger partial charge is 0.411 e. The predicted octanol–water partition coefficient (Wildman–Crippen LogP) is 2.56. The number of aryl methyl sites for hydroxylation is 1. The van der Waals surface area contributed by atoms with E-state index in [4.69, 9.17) is 0 Å². The molecule has 1 aromatic rings. The second-order valence-electron chi connectivity index (χ2n) is 4.56. The number of hydrogen-bond donors (Lipinski definition) is 2. The maximum Gasteiger partial charge on any atom is 0.411 e.